The predicted octanol–water partition coefficient (Wildman–Crippen LogP) is 2.79. The average Bonchev–Trinajstić information content (AvgIpc) is 2.46. The first-order chi connectivity index (χ1) is 9.35. The van der Waals surface area contributed by atoms with Gasteiger partial charge < -0.3 is 10.1 Å². The maximum Gasteiger partial charge on any atom is 0.0734 e. The van der Waals surface area contributed by atoms with Crippen LogP contribution in [-0.2, 0) is 11.2 Å². The number of nitrogens with zero attached hydrogens (tertiary/aromatic N) is 1. The van der Waals surface area contributed by atoms with E-state index >= 15 is 0 Å². The van der Waals surface area contributed by atoms with Crippen molar-refractivity contribution in [3.05, 3.63) is 42.1 Å². The van der Waals surface area contributed by atoms with Gasteiger partial charge in [-0.25, -0.2) is 0 Å². The van der Waals surface area contributed by atoms with Gasteiger partial charge in [-0.3, -0.25) is 4.98 Å². The van der Waals surface area contributed by atoms with E-state index < -0.39 is 0 Å². The highest BCUT2D eigenvalue weighted by molar-refractivity contribution is 5.81. The van der Waals surface area contributed by atoms with Gasteiger partial charge in [0, 0.05) is 24.7 Å². The highest BCUT2D eigenvalue weighted by Gasteiger charge is 2.05. The van der Waals surface area contributed by atoms with Crippen LogP contribution in [0.4, 0.5) is 0 Å². The van der Waals surface area contributed by atoms with Gasteiger partial charge in [0.2, 0.25) is 0 Å². The average molecular weight is 258 g/mol. The van der Waals surface area contributed by atoms with E-state index in [0.29, 0.717) is 6.04 Å². The fraction of sp³-hybridized carbons (Fsp3) is 0.438. The third-order valence-corrected chi connectivity index (χ3v) is 3.40. The summed E-state index contributed by atoms with van der Waals surface area (Å²) < 4.78 is 5.19. The summed E-state index contributed by atoms with van der Waals surface area (Å²) in [4.78, 5) is 4.48. The van der Waals surface area contributed by atoms with Crippen molar-refractivity contribution in [3.8, 4) is 0 Å². The van der Waals surface area contributed by atoms with Crippen molar-refractivity contribution in [2.45, 2.75) is 25.8 Å². The Morgan fingerprint density at radius 3 is 2.89 bits per heavy atom. The van der Waals surface area contributed by atoms with Gasteiger partial charge in [0.15, 0.2) is 0 Å². The van der Waals surface area contributed by atoms with Crippen LogP contribution in [0.3, 0.4) is 0 Å². The molecule has 1 unspecified atom stereocenters. The molecule has 1 aromatic carbocycles. The fourth-order valence-corrected chi connectivity index (χ4v) is 2.30. The second kappa shape index (κ2) is 7.22. The number of para-hydroxylation sites is 1. The van der Waals surface area contributed by atoms with Gasteiger partial charge >= 0.3 is 0 Å². The van der Waals surface area contributed by atoms with E-state index in [4.69, 9.17) is 4.74 Å². The third-order valence-electron chi connectivity index (χ3n) is 3.40. The lowest BCUT2D eigenvalue weighted by Crippen LogP contribution is -2.34. The second-order valence-corrected chi connectivity index (χ2v) is 4.76. The molecule has 0 bridgehead atoms. The molecule has 0 aliphatic carbocycles. The summed E-state index contributed by atoms with van der Waals surface area (Å²) in [6.45, 7) is 3.90. The van der Waals surface area contributed by atoms with Gasteiger partial charge in [0.05, 0.1) is 12.1 Å². The number of pyridine rings is 1. The third kappa shape index (κ3) is 3.75. The van der Waals surface area contributed by atoms with Gasteiger partial charge in [-0.1, -0.05) is 31.2 Å². The summed E-state index contributed by atoms with van der Waals surface area (Å²) in [5, 5.41) is 4.74. The summed E-state index contributed by atoms with van der Waals surface area (Å²) in [5.74, 6) is 0. The van der Waals surface area contributed by atoms with Crippen molar-refractivity contribution in [2.75, 3.05) is 20.3 Å². The number of rotatable bonds is 7. The van der Waals surface area contributed by atoms with Crippen LogP contribution in [0.15, 0.2) is 36.5 Å². The SMILES string of the molecule is CCC(COC)NCCc1cccc2cccnc12. The smallest absolute Gasteiger partial charge is 0.0734 e. The van der Waals surface area contributed by atoms with Crippen molar-refractivity contribution < 1.29 is 4.74 Å². The molecular weight excluding hydrogens is 236 g/mol. The van der Waals surface area contributed by atoms with Gasteiger partial charge in [-0.15, -0.1) is 0 Å². The Hall–Kier alpha value is -1.45. The second-order valence-electron chi connectivity index (χ2n) is 4.76. The number of hydrogen-bond acceptors (Lipinski definition) is 3. The first-order valence-corrected chi connectivity index (χ1v) is 6.90. The van der Waals surface area contributed by atoms with Crippen LogP contribution in [0, 0.1) is 0 Å². The van der Waals surface area contributed by atoms with E-state index in [0.717, 1.165) is 31.5 Å². The van der Waals surface area contributed by atoms with Crippen LogP contribution in [-0.4, -0.2) is 31.3 Å². The first-order valence-electron chi connectivity index (χ1n) is 6.90. The molecule has 1 heterocycles. The highest BCUT2D eigenvalue weighted by Crippen LogP contribution is 2.16. The molecule has 0 spiro atoms. The molecule has 3 nitrogen and oxygen atoms in total. The predicted molar refractivity (Wildman–Crippen MR) is 79.4 cm³/mol. The Morgan fingerprint density at radius 1 is 1.26 bits per heavy atom. The van der Waals surface area contributed by atoms with E-state index in [2.05, 4.69) is 41.5 Å². The lowest BCUT2D eigenvalue weighted by Gasteiger charge is -2.16. The normalized spacial score (nSPS) is 12.7. The van der Waals surface area contributed by atoms with Crippen LogP contribution in [0.2, 0.25) is 0 Å². The maximum absolute atomic E-state index is 5.19. The van der Waals surface area contributed by atoms with E-state index in [-0.39, 0.29) is 0 Å². The molecule has 0 aliphatic rings. The highest BCUT2D eigenvalue weighted by atomic mass is 16.5. The number of ether oxygens (including phenoxy) is 1. The standard InChI is InChI=1S/C16H22N2O/c1-3-15(12-19-2)17-11-9-14-7-4-6-13-8-5-10-18-16(13)14/h4-8,10,15,17H,3,9,11-12H2,1-2H3. The molecule has 2 aromatic rings. The minimum Gasteiger partial charge on any atom is -0.383 e. The Labute approximate surface area is 115 Å². The number of hydrogen-bond donors (Lipinski definition) is 1. The summed E-state index contributed by atoms with van der Waals surface area (Å²) in [6, 6.07) is 10.9. The zero-order valence-electron chi connectivity index (χ0n) is 11.7. The molecule has 0 saturated heterocycles. The minimum absolute atomic E-state index is 0.438. The van der Waals surface area contributed by atoms with Crippen molar-refractivity contribution in [1.82, 2.24) is 10.3 Å². The summed E-state index contributed by atoms with van der Waals surface area (Å²) >= 11 is 0. The van der Waals surface area contributed by atoms with Crippen molar-refractivity contribution in [3.63, 3.8) is 0 Å². The Kier molecular flexibility index (Phi) is 5.31. The Balaban J connectivity index is 1.98. The van der Waals surface area contributed by atoms with Crippen LogP contribution in [0.5, 0.6) is 0 Å². The number of fused-ring (bicyclic) bond motifs is 1. The van der Waals surface area contributed by atoms with Gasteiger partial charge in [0.1, 0.15) is 0 Å². The van der Waals surface area contributed by atoms with Crippen molar-refractivity contribution in [2.24, 2.45) is 0 Å². The van der Waals surface area contributed by atoms with Crippen LogP contribution in [0.25, 0.3) is 10.9 Å². The number of benzene rings is 1. The van der Waals surface area contributed by atoms with E-state index in [1.165, 1.54) is 10.9 Å². The molecule has 0 radical (unpaired) electrons. The Bertz CT molecular complexity index is 508. The molecule has 3 heteroatoms. The molecule has 2 rings (SSSR count). The van der Waals surface area contributed by atoms with Crippen LogP contribution >= 0.6 is 0 Å². The maximum atomic E-state index is 5.19. The molecule has 0 fully saturated rings. The number of aromatic nitrogens is 1. The molecule has 19 heavy (non-hydrogen) atoms. The van der Waals surface area contributed by atoms with E-state index in [9.17, 15) is 0 Å². The molecule has 1 N–H and O–H groups in total. The minimum atomic E-state index is 0.438. The Morgan fingerprint density at radius 2 is 2.11 bits per heavy atom. The van der Waals surface area contributed by atoms with E-state index in [1.807, 2.05) is 12.3 Å². The van der Waals surface area contributed by atoms with Gasteiger partial charge in [-0.2, -0.15) is 0 Å². The van der Waals surface area contributed by atoms with E-state index in [1.54, 1.807) is 7.11 Å². The quantitative estimate of drug-likeness (QED) is 0.829. The molecule has 1 atom stereocenters. The van der Waals surface area contributed by atoms with Crippen LogP contribution in [0.1, 0.15) is 18.9 Å². The topological polar surface area (TPSA) is 34.1 Å². The number of methoxy groups -OCH3 is 1. The molecular formula is C16H22N2O. The molecule has 0 saturated carbocycles. The monoisotopic (exact) mass is 258 g/mol. The van der Waals surface area contributed by atoms with Crippen LogP contribution < -0.4 is 5.32 Å². The largest absolute Gasteiger partial charge is 0.383 e. The van der Waals surface area contributed by atoms with Gasteiger partial charge in [-0.05, 0) is 31.0 Å². The summed E-state index contributed by atoms with van der Waals surface area (Å²) in [5.41, 5.74) is 2.42. The zero-order chi connectivity index (χ0) is 13.5. The van der Waals surface area contributed by atoms with Crippen molar-refractivity contribution in [1.29, 1.82) is 0 Å². The summed E-state index contributed by atoms with van der Waals surface area (Å²) in [7, 11) is 1.75. The molecule has 0 aliphatic heterocycles. The fourth-order valence-electron chi connectivity index (χ4n) is 2.30. The molecule has 0 amide bonds. The lowest BCUT2D eigenvalue weighted by atomic mass is 10.1. The van der Waals surface area contributed by atoms with Crippen molar-refractivity contribution >= 4 is 10.9 Å². The lowest BCUT2D eigenvalue weighted by molar-refractivity contribution is 0.165. The van der Waals surface area contributed by atoms with Gasteiger partial charge in [0.25, 0.3) is 0 Å². The first kappa shape index (κ1) is 14.0. The zero-order valence-corrected chi connectivity index (χ0v) is 11.7. The molecule has 102 valence electrons. The number of nitrogens with one attached hydrogen (secondary N) is 1. The summed E-state index contributed by atoms with van der Waals surface area (Å²) in [6.07, 6.45) is 3.94. The molecule has 1 aromatic heterocycles.